The number of allylic oxidation sites excluding steroid dienone is 1. The van der Waals surface area contributed by atoms with E-state index in [0.717, 1.165) is 21.3 Å². The Hall–Kier alpha value is -4.55. The molecule has 2 aliphatic rings. The van der Waals surface area contributed by atoms with Gasteiger partial charge < -0.3 is 28.4 Å². The number of ether oxygens (including phenoxy) is 6. The first-order valence-corrected chi connectivity index (χ1v) is 16.6. The van der Waals surface area contributed by atoms with Gasteiger partial charge in [-0.25, -0.2) is 9.79 Å². The van der Waals surface area contributed by atoms with Crippen LogP contribution in [0.25, 0.3) is 6.08 Å². The number of hydrogen-bond donors (Lipinski definition) is 0. The van der Waals surface area contributed by atoms with Crippen LogP contribution in [-0.4, -0.2) is 37.1 Å². The lowest BCUT2D eigenvalue weighted by molar-refractivity contribution is -0.139. The fourth-order valence-electron chi connectivity index (χ4n) is 5.38. The van der Waals surface area contributed by atoms with Crippen molar-refractivity contribution in [1.29, 1.82) is 0 Å². The van der Waals surface area contributed by atoms with E-state index in [9.17, 15) is 9.59 Å². The number of carbonyl (C=O) groups excluding carboxylic acids is 1. The standard InChI is InChI=1S/C35H33BrN2O8S/c1-6-42-34(40)31-20(4)37-35-38(32(31)23-9-12-27(46-19(2)3)28(16-23)41-5)33(39)30(47-35)15-21-7-10-25(24(36)13-21)43-17-22-8-11-26-29(14-22)45-18-44-26/h7-16,19,32H,6,17-18H2,1-5H3/b30-15-/t32-/m1/s1. The molecule has 2 aliphatic heterocycles. The molecule has 3 aromatic carbocycles. The topological polar surface area (TPSA) is 107 Å². The van der Waals surface area contributed by atoms with Crippen molar-refractivity contribution in [2.24, 2.45) is 4.99 Å². The average molecular weight is 722 g/mol. The average Bonchev–Trinajstić information content (AvgIpc) is 3.63. The van der Waals surface area contributed by atoms with Gasteiger partial charge in [-0.05, 0) is 103 Å². The largest absolute Gasteiger partial charge is 0.493 e. The number of aromatic nitrogens is 1. The quantitative estimate of drug-likeness (QED) is 0.193. The molecule has 47 heavy (non-hydrogen) atoms. The molecule has 6 rings (SSSR count). The third-order valence-electron chi connectivity index (χ3n) is 7.47. The maximum atomic E-state index is 14.1. The van der Waals surface area contributed by atoms with Gasteiger partial charge >= 0.3 is 5.97 Å². The summed E-state index contributed by atoms with van der Waals surface area (Å²) in [6.45, 7) is 8.08. The predicted molar refractivity (Wildman–Crippen MR) is 180 cm³/mol. The molecule has 4 aromatic rings. The Kier molecular flexibility index (Phi) is 9.42. The minimum absolute atomic E-state index is 0.0691. The molecule has 244 valence electrons. The zero-order chi connectivity index (χ0) is 33.2. The van der Waals surface area contributed by atoms with E-state index in [1.807, 2.05) is 56.3 Å². The van der Waals surface area contributed by atoms with Crippen molar-refractivity contribution in [2.45, 2.75) is 46.4 Å². The number of fused-ring (bicyclic) bond motifs is 2. The molecule has 1 aromatic heterocycles. The zero-order valence-corrected chi connectivity index (χ0v) is 28.9. The lowest BCUT2D eigenvalue weighted by atomic mass is 9.95. The van der Waals surface area contributed by atoms with Crippen molar-refractivity contribution in [1.82, 2.24) is 4.57 Å². The molecular weight excluding hydrogens is 688 g/mol. The number of benzene rings is 3. The lowest BCUT2D eigenvalue weighted by Gasteiger charge is -2.25. The number of thiazole rings is 1. The first kappa shape index (κ1) is 32.4. The van der Waals surface area contributed by atoms with Gasteiger partial charge in [0.2, 0.25) is 6.79 Å². The summed E-state index contributed by atoms with van der Waals surface area (Å²) >= 11 is 4.86. The van der Waals surface area contributed by atoms with Crippen LogP contribution in [0.5, 0.6) is 28.7 Å². The summed E-state index contributed by atoms with van der Waals surface area (Å²) in [5.74, 6) is 2.58. The second-order valence-corrected chi connectivity index (χ2v) is 12.9. The molecule has 0 saturated carbocycles. The molecule has 10 nitrogen and oxygen atoms in total. The molecule has 1 atom stereocenters. The minimum atomic E-state index is -0.784. The highest BCUT2D eigenvalue weighted by Gasteiger charge is 2.34. The van der Waals surface area contributed by atoms with E-state index in [-0.39, 0.29) is 30.6 Å². The summed E-state index contributed by atoms with van der Waals surface area (Å²) in [5, 5.41) is 0. The molecule has 0 N–H and O–H groups in total. The zero-order valence-electron chi connectivity index (χ0n) is 26.5. The Morgan fingerprint density at radius 3 is 2.62 bits per heavy atom. The van der Waals surface area contributed by atoms with Crippen molar-refractivity contribution >= 4 is 39.3 Å². The van der Waals surface area contributed by atoms with Crippen LogP contribution in [0.4, 0.5) is 0 Å². The van der Waals surface area contributed by atoms with Crippen LogP contribution < -0.4 is 38.6 Å². The Labute approximate surface area is 283 Å². The monoisotopic (exact) mass is 720 g/mol. The van der Waals surface area contributed by atoms with E-state index >= 15 is 0 Å². The molecule has 0 unspecified atom stereocenters. The van der Waals surface area contributed by atoms with Gasteiger partial charge in [-0.3, -0.25) is 9.36 Å². The van der Waals surface area contributed by atoms with Crippen molar-refractivity contribution < 1.29 is 33.2 Å². The van der Waals surface area contributed by atoms with Gasteiger partial charge in [0.15, 0.2) is 27.8 Å². The maximum absolute atomic E-state index is 14.1. The Balaban J connectivity index is 1.35. The van der Waals surface area contributed by atoms with Gasteiger partial charge in [-0.2, -0.15) is 0 Å². The van der Waals surface area contributed by atoms with Crippen LogP contribution in [0.2, 0.25) is 0 Å². The molecule has 12 heteroatoms. The number of halogens is 1. The van der Waals surface area contributed by atoms with Crippen LogP contribution in [-0.2, 0) is 16.1 Å². The molecule has 0 aliphatic carbocycles. The number of hydrogen-bond acceptors (Lipinski definition) is 10. The van der Waals surface area contributed by atoms with Crippen LogP contribution in [0.3, 0.4) is 0 Å². The van der Waals surface area contributed by atoms with Crippen molar-refractivity contribution in [3.8, 4) is 28.7 Å². The second-order valence-electron chi connectivity index (χ2n) is 11.0. The second kappa shape index (κ2) is 13.7. The summed E-state index contributed by atoms with van der Waals surface area (Å²) in [5.41, 5.74) is 2.88. The fraction of sp³-hybridized carbons (Fsp3) is 0.286. The van der Waals surface area contributed by atoms with Gasteiger partial charge in [0.05, 0.1) is 46.1 Å². The first-order valence-electron chi connectivity index (χ1n) is 15.0. The summed E-state index contributed by atoms with van der Waals surface area (Å²) in [7, 11) is 1.55. The van der Waals surface area contributed by atoms with Crippen molar-refractivity contribution in [3.63, 3.8) is 0 Å². The van der Waals surface area contributed by atoms with E-state index < -0.39 is 12.0 Å². The van der Waals surface area contributed by atoms with Gasteiger partial charge in [-0.1, -0.05) is 29.5 Å². The normalized spacial score (nSPS) is 15.4. The first-order chi connectivity index (χ1) is 22.7. The van der Waals surface area contributed by atoms with Crippen LogP contribution in [0.1, 0.15) is 50.4 Å². The summed E-state index contributed by atoms with van der Waals surface area (Å²) < 4.78 is 36.6. The number of methoxy groups -OCH3 is 1. The van der Waals surface area contributed by atoms with Gasteiger partial charge in [0.1, 0.15) is 12.4 Å². The summed E-state index contributed by atoms with van der Waals surface area (Å²) in [6, 6.07) is 15.9. The highest BCUT2D eigenvalue weighted by atomic mass is 79.9. The van der Waals surface area contributed by atoms with Crippen LogP contribution in [0, 0.1) is 0 Å². The van der Waals surface area contributed by atoms with Crippen molar-refractivity contribution in [3.05, 3.63) is 107 Å². The number of nitrogens with zero attached hydrogens (tertiary/aromatic N) is 2. The lowest BCUT2D eigenvalue weighted by Crippen LogP contribution is -2.40. The van der Waals surface area contributed by atoms with E-state index in [1.165, 1.54) is 11.3 Å². The van der Waals surface area contributed by atoms with E-state index in [1.54, 1.807) is 43.7 Å². The van der Waals surface area contributed by atoms with E-state index in [2.05, 4.69) is 20.9 Å². The molecule has 0 amide bonds. The molecule has 0 fully saturated rings. The summed E-state index contributed by atoms with van der Waals surface area (Å²) in [6.07, 6.45) is 1.73. The number of carbonyl (C=O) groups is 1. The minimum Gasteiger partial charge on any atom is -0.493 e. The Morgan fingerprint density at radius 2 is 1.87 bits per heavy atom. The molecule has 0 saturated heterocycles. The van der Waals surface area contributed by atoms with E-state index in [4.69, 9.17) is 28.4 Å². The number of esters is 1. The fourth-order valence-corrected chi connectivity index (χ4v) is 6.94. The SMILES string of the molecule is CCOC(=O)C1=C(C)N=c2s/c(=C\c3ccc(OCc4ccc5c(c4)OCO5)c(Br)c3)c(=O)n2[C@@H]1c1ccc(OC(C)C)c(OC)c1. The molecule has 0 spiro atoms. The molecule has 3 heterocycles. The maximum Gasteiger partial charge on any atom is 0.338 e. The number of rotatable bonds is 10. The molecular formula is C35H33BrN2O8S. The highest BCUT2D eigenvalue weighted by Crippen LogP contribution is 2.37. The third kappa shape index (κ3) is 6.66. The molecule has 0 bridgehead atoms. The molecule has 0 radical (unpaired) electrons. The van der Waals surface area contributed by atoms with Crippen molar-refractivity contribution in [2.75, 3.05) is 20.5 Å². The highest BCUT2D eigenvalue weighted by molar-refractivity contribution is 9.10. The van der Waals surface area contributed by atoms with Gasteiger partial charge in [0.25, 0.3) is 5.56 Å². The summed E-state index contributed by atoms with van der Waals surface area (Å²) in [4.78, 5) is 32.5. The Morgan fingerprint density at radius 1 is 1.09 bits per heavy atom. The smallest absolute Gasteiger partial charge is 0.338 e. The van der Waals surface area contributed by atoms with Gasteiger partial charge in [-0.15, -0.1) is 0 Å². The van der Waals surface area contributed by atoms with Crippen LogP contribution >= 0.6 is 27.3 Å². The Bertz CT molecular complexity index is 2070. The van der Waals surface area contributed by atoms with E-state index in [0.29, 0.717) is 50.2 Å². The predicted octanol–water partition coefficient (Wildman–Crippen LogP) is 5.66. The van der Waals surface area contributed by atoms with Crippen LogP contribution in [0.15, 0.2) is 80.1 Å². The van der Waals surface area contributed by atoms with Gasteiger partial charge in [0, 0.05) is 0 Å². The third-order valence-corrected chi connectivity index (χ3v) is 9.07.